The van der Waals surface area contributed by atoms with Gasteiger partial charge in [0.2, 0.25) is 5.89 Å². The Bertz CT molecular complexity index is 1440. The number of methoxy groups -OCH3 is 1. The van der Waals surface area contributed by atoms with Crippen molar-refractivity contribution in [1.82, 2.24) is 23.9 Å². The normalized spacial score (nSPS) is 16.6. The monoisotopic (exact) mass is 542 g/mol. The van der Waals surface area contributed by atoms with Crippen LogP contribution in [0, 0.1) is 0 Å². The largest absolute Gasteiger partial charge is 0.494 e. The quantitative estimate of drug-likeness (QED) is 0.461. The predicted octanol–water partition coefficient (Wildman–Crippen LogP) is 1.99. The number of halogens is 3. The highest BCUT2D eigenvalue weighted by molar-refractivity contribution is 7.87. The molecule has 1 saturated heterocycles. The second kappa shape index (κ2) is 9.89. The van der Waals surface area contributed by atoms with Gasteiger partial charge in [-0.2, -0.15) is 30.6 Å². The molecule has 1 aromatic carbocycles. The van der Waals surface area contributed by atoms with E-state index < -0.39 is 34.0 Å². The van der Waals surface area contributed by atoms with Crippen LogP contribution >= 0.6 is 0 Å². The van der Waals surface area contributed by atoms with E-state index in [1.54, 1.807) is 6.07 Å². The van der Waals surface area contributed by atoms with Crippen molar-refractivity contribution in [3.05, 3.63) is 41.4 Å². The molecule has 0 bridgehead atoms. The number of likely N-dealkylation sites (tertiary alicyclic amines) is 1. The number of benzene rings is 1. The Morgan fingerprint density at radius 1 is 1.27 bits per heavy atom. The van der Waals surface area contributed by atoms with E-state index in [0.717, 1.165) is 10.4 Å². The van der Waals surface area contributed by atoms with Crippen molar-refractivity contribution in [2.75, 3.05) is 34.3 Å². The third kappa shape index (κ3) is 5.25. The number of pyridine rings is 1. The van der Waals surface area contributed by atoms with E-state index in [0.29, 0.717) is 12.0 Å². The van der Waals surface area contributed by atoms with Crippen LogP contribution in [0.4, 0.5) is 13.2 Å². The Kier molecular flexibility index (Phi) is 7.16. The molecular formula is C22H25F3N6O5S. The number of nitrogens with one attached hydrogen (secondary N) is 1. The highest BCUT2D eigenvalue weighted by atomic mass is 32.2. The van der Waals surface area contributed by atoms with Gasteiger partial charge in [-0.3, -0.25) is 4.79 Å². The van der Waals surface area contributed by atoms with Crippen molar-refractivity contribution in [2.45, 2.75) is 25.2 Å². The molecule has 0 saturated carbocycles. The Morgan fingerprint density at radius 2 is 2.00 bits per heavy atom. The summed E-state index contributed by atoms with van der Waals surface area (Å²) in [6.45, 7) is 0.234. The molecule has 0 radical (unpaired) electrons. The Balaban J connectivity index is 1.67. The van der Waals surface area contributed by atoms with Gasteiger partial charge < -0.3 is 19.8 Å². The number of alkyl halides is 3. The number of carbonyl (C=O) groups excluding carboxylic acids is 1. The summed E-state index contributed by atoms with van der Waals surface area (Å²) in [6, 6.07) is 4.56. The van der Waals surface area contributed by atoms with Crippen LogP contribution in [0.25, 0.3) is 22.4 Å². The van der Waals surface area contributed by atoms with Crippen molar-refractivity contribution < 1.29 is 35.5 Å². The van der Waals surface area contributed by atoms with Gasteiger partial charge in [0.25, 0.3) is 16.1 Å². The fraction of sp³-hybridized carbons (Fsp3) is 0.409. The molecule has 3 N–H and O–H groups in total. The molecule has 1 amide bonds. The minimum absolute atomic E-state index is 0.0259. The first-order valence-electron chi connectivity index (χ1n) is 11.1. The second-order valence-corrected chi connectivity index (χ2v) is 10.5. The standard InChI is InChI=1S/C22H25F3N6O5S/c1-30(2)37(33,34)29-12-8-9-31(11-12)21(32)19-16(10-26)36-20(28-19)14-4-6-15(35-3)18-13(14)5-7-17(27-18)22(23,24)25/h4-7,12,29H,8-11,26H2,1-3H3/t12-/m1/s1. The van der Waals surface area contributed by atoms with Gasteiger partial charge in [0, 0.05) is 44.2 Å². The Hall–Kier alpha value is -3.27. The minimum atomic E-state index is -4.65. The van der Waals surface area contributed by atoms with E-state index in [-0.39, 0.29) is 53.6 Å². The summed E-state index contributed by atoms with van der Waals surface area (Å²) < 4.78 is 78.5. The first-order valence-corrected chi connectivity index (χ1v) is 12.5. The molecule has 1 aliphatic heterocycles. The lowest BCUT2D eigenvalue weighted by Crippen LogP contribution is -2.43. The summed E-state index contributed by atoms with van der Waals surface area (Å²) in [5.74, 6) is -0.324. The number of nitrogens with two attached hydrogens (primary N) is 1. The third-order valence-electron chi connectivity index (χ3n) is 5.92. The van der Waals surface area contributed by atoms with E-state index in [1.165, 1.54) is 38.2 Å². The van der Waals surface area contributed by atoms with Gasteiger partial charge in [-0.25, -0.2) is 9.97 Å². The first kappa shape index (κ1) is 26.8. The van der Waals surface area contributed by atoms with Crippen LogP contribution in [0.15, 0.2) is 28.7 Å². The summed E-state index contributed by atoms with van der Waals surface area (Å²) in [4.78, 5) is 22.7. The van der Waals surface area contributed by atoms with Gasteiger partial charge in [0.15, 0.2) is 11.5 Å². The number of aromatic nitrogens is 2. The van der Waals surface area contributed by atoms with Crippen LogP contribution in [-0.2, 0) is 22.9 Å². The van der Waals surface area contributed by atoms with Crippen molar-refractivity contribution in [2.24, 2.45) is 5.73 Å². The number of carbonyl (C=O) groups is 1. The van der Waals surface area contributed by atoms with Crippen LogP contribution in [0.3, 0.4) is 0 Å². The number of oxazole rings is 1. The molecule has 3 heterocycles. The molecule has 1 fully saturated rings. The van der Waals surface area contributed by atoms with Crippen LogP contribution in [0.1, 0.15) is 28.4 Å². The zero-order chi connectivity index (χ0) is 27.1. The minimum Gasteiger partial charge on any atom is -0.494 e. The molecule has 11 nitrogen and oxygen atoms in total. The topological polar surface area (TPSA) is 144 Å². The highest BCUT2D eigenvalue weighted by Gasteiger charge is 2.35. The van der Waals surface area contributed by atoms with Gasteiger partial charge in [-0.05, 0) is 30.7 Å². The third-order valence-corrected chi connectivity index (χ3v) is 7.51. The number of hydrogen-bond donors (Lipinski definition) is 2. The molecule has 15 heteroatoms. The van der Waals surface area contributed by atoms with Crippen LogP contribution in [-0.4, -0.2) is 73.8 Å². The van der Waals surface area contributed by atoms with E-state index in [9.17, 15) is 26.4 Å². The molecule has 0 unspecified atom stereocenters. The summed E-state index contributed by atoms with van der Waals surface area (Å²) in [5, 5.41) is 0.274. The van der Waals surface area contributed by atoms with Gasteiger partial charge in [0.05, 0.1) is 13.7 Å². The number of ether oxygens (including phenoxy) is 1. The van der Waals surface area contributed by atoms with Crippen molar-refractivity contribution in [1.29, 1.82) is 0 Å². The molecule has 37 heavy (non-hydrogen) atoms. The van der Waals surface area contributed by atoms with Gasteiger partial charge >= 0.3 is 6.18 Å². The molecule has 3 aromatic rings. The smallest absolute Gasteiger partial charge is 0.433 e. The number of nitrogens with zero attached hydrogens (tertiary/aromatic N) is 4. The van der Waals surface area contributed by atoms with Crippen LogP contribution in [0.2, 0.25) is 0 Å². The molecule has 1 atom stereocenters. The fourth-order valence-corrected chi connectivity index (χ4v) is 4.80. The molecule has 200 valence electrons. The van der Waals surface area contributed by atoms with Crippen LogP contribution < -0.4 is 15.2 Å². The van der Waals surface area contributed by atoms with Crippen molar-refractivity contribution in [3.8, 4) is 17.2 Å². The zero-order valence-corrected chi connectivity index (χ0v) is 21.0. The van der Waals surface area contributed by atoms with E-state index in [1.807, 2.05) is 0 Å². The highest BCUT2D eigenvalue weighted by Crippen LogP contribution is 2.37. The van der Waals surface area contributed by atoms with Gasteiger partial charge in [-0.1, -0.05) is 0 Å². The number of hydrogen-bond acceptors (Lipinski definition) is 8. The van der Waals surface area contributed by atoms with E-state index in [4.69, 9.17) is 14.9 Å². The molecular weight excluding hydrogens is 517 g/mol. The Labute approximate surface area is 210 Å². The number of amides is 1. The summed E-state index contributed by atoms with van der Waals surface area (Å²) in [7, 11) is 0.429. The first-order chi connectivity index (χ1) is 17.4. The van der Waals surface area contributed by atoms with Crippen molar-refractivity contribution in [3.63, 3.8) is 0 Å². The lowest BCUT2D eigenvalue weighted by atomic mass is 10.1. The fourth-order valence-electron chi connectivity index (χ4n) is 3.98. The molecule has 2 aromatic heterocycles. The summed E-state index contributed by atoms with van der Waals surface area (Å²) in [5.41, 5.74) is 4.89. The molecule has 0 aliphatic carbocycles. The van der Waals surface area contributed by atoms with E-state index >= 15 is 0 Å². The summed E-state index contributed by atoms with van der Waals surface area (Å²) >= 11 is 0. The maximum atomic E-state index is 13.2. The number of fused-ring (bicyclic) bond motifs is 1. The average Bonchev–Trinajstić information content (AvgIpc) is 3.48. The lowest BCUT2D eigenvalue weighted by Gasteiger charge is -2.18. The molecule has 1 aliphatic rings. The van der Waals surface area contributed by atoms with Gasteiger partial charge in [-0.15, -0.1) is 0 Å². The zero-order valence-electron chi connectivity index (χ0n) is 20.2. The van der Waals surface area contributed by atoms with E-state index in [2.05, 4.69) is 14.7 Å². The number of rotatable bonds is 7. The predicted molar refractivity (Wildman–Crippen MR) is 127 cm³/mol. The average molecular weight is 543 g/mol. The van der Waals surface area contributed by atoms with Gasteiger partial charge in [0.1, 0.15) is 17.0 Å². The maximum absolute atomic E-state index is 13.2. The second-order valence-electron chi connectivity index (χ2n) is 8.54. The van der Waals surface area contributed by atoms with Crippen molar-refractivity contribution >= 4 is 27.0 Å². The van der Waals surface area contributed by atoms with Crippen LogP contribution in [0.5, 0.6) is 5.75 Å². The maximum Gasteiger partial charge on any atom is 0.433 e. The summed E-state index contributed by atoms with van der Waals surface area (Å²) in [6.07, 6.45) is -4.25. The molecule has 4 rings (SSSR count). The lowest BCUT2D eigenvalue weighted by molar-refractivity contribution is -0.140. The SMILES string of the molecule is COc1ccc(-c2nc(C(=O)N3CC[C@@H](NS(=O)(=O)N(C)C)C3)c(CN)o2)c2ccc(C(F)(F)F)nc12. The molecule has 0 spiro atoms. The Morgan fingerprint density at radius 3 is 2.62 bits per heavy atom.